The number of aryl methyl sites for hydroxylation is 1. The van der Waals surface area contributed by atoms with Gasteiger partial charge in [-0.05, 0) is 30.7 Å². The first-order valence-electron chi connectivity index (χ1n) is 6.91. The number of aromatic nitrogens is 2. The summed E-state index contributed by atoms with van der Waals surface area (Å²) in [4.78, 5) is 8.93. The molecule has 0 atom stereocenters. The second-order valence-electron chi connectivity index (χ2n) is 4.74. The van der Waals surface area contributed by atoms with Gasteiger partial charge in [0.25, 0.3) is 0 Å². The Morgan fingerprint density at radius 2 is 2.05 bits per heavy atom. The van der Waals surface area contributed by atoms with Gasteiger partial charge in [0.15, 0.2) is 5.82 Å². The summed E-state index contributed by atoms with van der Waals surface area (Å²) in [5, 5.41) is 3.27. The minimum Gasteiger partial charge on any atom is -0.496 e. The number of nitrogens with one attached hydrogen (secondary N) is 1. The second-order valence-corrected chi connectivity index (χ2v) is 4.74. The maximum absolute atomic E-state index is 5.42. The molecule has 0 fully saturated rings. The van der Waals surface area contributed by atoms with Gasteiger partial charge in [-0.1, -0.05) is 6.07 Å². The Balaban J connectivity index is 2.17. The van der Waals surface area contributed by atoms with E-state index < -0.39 is 0 Å². The molecule has 2 rings (SSSR count). The maximum Gasteiger partial charge on any atom is 0.163 e. The summed E-state index contributed by atoms with van der Waals surface area (Å²) in [6.45, 7) is 4.20. The topological polar surface area (TPSA) is 56.3 Å². The van der Waals surface area contributed by atoms with E-state index in [0.29, 0.717) is 19.0 Å². The SMILES string of the molecule is COCCNCc1ccnc(-c2ccc(C)cc2OC)n1. The Bertz CT molecular complexity index is 587. The van der Waals surface area contributed by atoms with Crippen LogP contribution in [0.5, 0.6) is 5.75 Å². The zero-order valence-electron chi connectivity index (χ0n) is 12.7. The monoisotopic (exact) mass is 287 g/mol. The molecule has 0 bridgehead atoms. The predicted octanol–water partition coefficient (Wildman–Crippen LogP) is 2.20. The van der Waals surface area contributed by atoms with E-state index in [1.54, 1.807) is 20.4 Å². The fourth-order valence-electron chi connectivity index (χ4n) is 2.00. The van der Waals surface area contributed by atoms with Crippen LogP contribution < -0.4 is 10.1 Å². The summed E-state index contributed by atoms with van der Waals surface area (Å²) in [5.74, 6) is 1.47. The summed E-state index contributed by atoms with van der Waals surface area (Å²) in [6.07, 6.45) is 1.77. The number of benzene rings is 1. The molecule has 2 aromatic rings. The number of nitrogens with zero attached hydrogens (tertiary/aromatic N) is 2. The Kier molecular flexibility index (Phi) is 5.66. The molecular weight excluding hydrogens is 266 g/mol. The lowest BCUT2D eigenvalue weighted by atomic mass is 10.1. The zero-order valence-corrected chi connectivity index (χ0v) is 12.7. The minimum absolute atomic E-state index is 0.679. The van der Waals surface area contributed by atoms with Crippen LogP contribution in [0.1, 0.15) is 11.3 Å². The fourth-order valence-corrected chi connectivity index (χ4v) is 2.00. The van der Waals surface area contributed by atoms with Crippen LogP contribution in [-0.2, 0) is 11.3 Å². The molecule has 0 aliphatic rings. The van der Waals surface area contributed by atoms with Crippen LogP contribution in [0.15, 0.2) is 30.5 Å². The number of hydrogen-bond acceptors (Lipinski definition) is 5. The van der Waals surface area contributed by atoms with E-state index in [9.17, 15) is 0 Å². The molecular formula is C16H21N3O2. The zero-order chi connectivity index (χ0) is 15.1. The molecule has 0 aliphatic heterocycles. The number of hydrogen-bond donors (Lipinski definition) is 1. The van der Waals surface area contributed by atoms with Gasteiger partial charge in [0.1, 0.15) is 5.75 Å². The van der Waals surface area contributed by atoms with Crippen molar-refractivity contribution >= 4 is 0 Å². The van der Waals surface area contributed by atoms with Gasteiger partial charge in [-0.2, -0.15) is 0 Å². The van der Waals surface area contributed by atoms with E-state index in [1.165, 1.54) is 0 Å². The lowest BCUT2D eigenvalue weighted by Gasteiger charge is -2.09. The van der Waals surface area contributed by atoms with Crippen LogP contribution in [-0.4, -0.2) is 37.3 Å². The second kappa shape index (κ2) is 7.71. The number of methoxy groups -OCH3 is 2. The van der Waals surface area contributed by atoms with Gasteiger partial charge in [0.2, 0.25) is 0 Å². The molecule has 0 radical (unpaired) electrons. The van der Waals surface area contributed by atoms with E-state index in [0.717, 1.165) is 29.1 Å². The van der Waals surface area contributed by atoms with Crippen LogP contribution in [0.2, 0.25) is 0 Å². The molecule has 0 spiro atoms. The smallest absolute Gasteiger partial charge is 0.163 e. The van der Waals surface area contributed by atoms with Gasteiger partial charge >= 0.3 is 0 Å². The van der Waals surface area contributed by atoms with E-state index in [-0.39, 0.29) is 0 Å². The van der Waals surface area contributed by atoms with Crippen molar-refractivity contribution in [3.05, 3.63) is 41.7 Å². The highest BCUT2D eigenvalue weighted by molar-refractivity contribution is 5.64. The third-order valence-corrected chi connectivity index (χ3v) is 3.10. The molecule has 0 aliphatic carbocycles. The van der Waals surface area contributed by atoms with Gasteiger partial charge in [-0.3, -0.25) is 0 Å². The standard InChI is InChI=1S/C16H21N3O2/c1-12-4-5-14(15(10-12)21-3)16-18-7-6-13(19-16)11-17-8-9-20-2/h4-7,10,17H,8-9,11H2,1-3H3. The van der Waals surface area contributed by atoms with E-state index in [1.807, 2.05) is 31.2 Å². The Morgan fingerprint density at radius 3 is 2.81 bits per heavy atom. The minimum atomic E-state index is 0.679. The maximum atomic E-state index is 5.42. The highest BCUT2D eigenvalue weighted by Crippen LogP contribution is 2.28. The van der Waals surface area contributed by atoms with Crippen molar-refractivity contribution in [3.8, 4) is 17.1 Å². The molecule has 0 saturated carbocycles. The molecule has 1 aromatic carbocycles. The van der Waals surface area contributed by atoms with Gasteiger partial charge in [0.05, 0.1) is 25.0 Å². The van der Waals surface area contributed by atoms with Gasteiger partial charge < -0.3 is 14.8 Å². The van der Waals surface area contributed by atoms with Crippen molar-refractivity contribution in [2.75, 3.05) is 27.4 Å². The van der Waals surface area contributed by atoms with Crippen LogP contribution >= 0.6 is 0 Å². The fraction of sp³-hybridized carbons (Fsp3) is 0.375. The first-order valence-corrected chi connectivity index (χ1v) is 6.91. The molecule has 0 saturated heterocycles. The van der Waals surface area contributed by atoms with Crippen LogP contribution in [0.3, 0.4) is 0 Å². The van der Waals surface area contributed by atoms with E-state index in [4.69, 9.17) is 9.47 Å². The summed E-state index contributed by atoms with van der Waals surface area (Å²) in [5.41, 5.74) is 2.99. The van der Waals surface area contributed by atoms with Crippen LogP contribution in [0, 0.1) is 6.92 Å². The molecule has 1 aromatic heterocycles. The third kappa shape index (κ3) is 4.24. The van der Waals surface area contributed by atoms with Crippen molar-refractivity contribution in [3.63, 3.8) is 0 Å². The molecule has 1 heterocycles. The number of rotatable bonds is 7. The summed E-state index contributed by atoms with van der Waals surface area (Å²) in [7, 11) is 3.35. The van der Waals surface area contributed by atoms with Crippen LogP contribution in [0.25, 0.3) is 11.4 Å². The molecule has 5 nitrogen and oxygen atoms in total. The van der Waals surface area contributed by atoms with Crippen molar-refractivity contribution in [2.24, 2.45) is 0 Å². The lowest BCUT2D eigenvalue weighted by Crippen LogP contribution is -2.19. The molecule has 1 N–H and O–H groups in total. The van der Waals surface area contributed by atoms with Crippen molar-refractivity contribution < 1.29 is 9.47 Å². The van der Waals surface area contributed by atoms with Crippen molar-refractivity contribution in [1.29, 1.82) is 0 Å². The van der Waals surface area contributed by atoms with E-state index in [2.05, 4.69) is 15.3 Å². The summed E-state index contributed by atoms with van der Waals surface area (Å²) >= 11 is 0. The van der Waals surface area contributed by atoms with Gasteiger partial charge in [-0.15, -0.1) is 0 Å². The molecule has 21 heavy (non-hydrogen) atoms. The third-order valence-electron chi connectivity index (χ3n) is 3.10. The van der Waals surface area contributed by atoms with Gasteiger partial charge in [0, 0.05) is 26.4 Å². The normalized spacial score (nSPS) is 10.6. The molecule has 0 amide bonds. The average Bonchev–Trinajstić information content (AvgIpc) is 2.51. The summed E-state index contributed by atoms with van der Waals surface area (Å²) < 4.78 is 10.4. The Labute approximate surface area is 125 Å². The first-order chi connectivity index (χ1) is 10.2. The summed E-state index contributed by atoms with van der Waals surface area (Å²) in [6, 6.07) is 7.92. The highest BCUT2D eigenvalue weighted by Gasteiger charge is 2.09. The molecule has 112 valence electrons. The molecule has 0 unspecified atom stereocenters. The highest BCUT2D eigenvalue weighted by atomic mass is 16.5. The average molecular weight is 287 g/mol. The van der Waals surface area contributed by atoms with E-state index >= 15 is 0 Å². The van der Waals surface area contributed by atoms with Crippen LogP contribution in [0.4, 0.5) is 0 Å². The quantitative estimate of drug-likeness (QED) is 0.791. The largest absolute Gasteiger partial charge is 0.496 e. The first kappa shape index (κ1) is 15.4. The van der Waals surface area contributed by atoms with Crippen molar-refractivity contribution in [1.82, 2.24) is 15.3 Å². The Hall–Kier alpha value is -1.98. The predicted molar refractivity (Wildman–Crippen MR) is 82.3 cm³/mol. The number of ether oxygens (including phenoxy) is 2. The molecule has 5 heteroatoms. The Morgan fingerprint density at radius 1 is 1.19 bits per heavy atom. The van der Waals surface area contributed by atoms with Crippen molar-refractivity contribution in [2.45, 2.75) is 13.5 Å². The van der Waals surface area contributed by atoms with Gasteiger partial charge in [-0.25, -0.2) is 9.97 Å². The lowest BCUT2D eigenvalue weighted by molar-refractivity contribution is 0.199.